The van der Waals surface area contributed by atoms with E-state index >= 15 is 0 Å². The summed E-state index contributed by atoms with van der Waals surface area (Å²) in [6, 6.07) is 11.5. The van der Waals surface area contributed by atoms with Gasteiger partial charge >= 0.3 is 0 Å². The van der Waals surface area contributed by atoms with Gasteiger partial charge in [0, 0.05) is 10.0 Å². The number of hydrogen-bond donors (Lipinski definition) is 2. The Bertz CT molecular complexity index is 680. The quantitative estimate of drug-likeness (QED) is 0.607. The molecule has 3 N–H and O–H groups in total. The molecule has 0 spiro atoms. The van der Waals surface area contributed by atoms with E-state index in [0.29, 0.717) is 17.2 Å². The minimum Gasteiger partial charge on any atom is -0.457 e. The van der Waals surface area contributed by atoms with E-state index in [9.17, 15) is 0 Å². The summed E-state index contributed by atoms with van der Waals surface area (Å²) >= 11 is 3.41. The third-order valence-electron chi connectivity index (χ3n) is 3.33. The van der Waals surface area contributed by atoms with Crippen LogP contribution in [0.25, 0.3) is 0 Å². The van der Waals surface area contributed by atoms with Crippen LogP contribution >= 0.6 is 15.9 Å². The molecule has 0 unspecified atom stereocenters. The maximum atomic E-state index is 7.47. The number of nitrogens with two attached hydrogens (primary N) is 1. The van der Waals surface area contributed by atoms with Gasteiger partial charge in [-0.3, -0.25) is 5.41 Å². The van der Waals surface area contributed by atoms with Gasteiger partial charge in [0.25, 0.3) is 0 Å². The first kappa shape index (κ1) is 15.6. The second kappa shape index (κ2) is 6.31. The molecule has 0 radical (unpaired) electrons. The van der Waals surface area contributed by atoms with Gasteiger partial charge < -0.3 is 10.5 Å². The number of nitrogen functional groups attached to an aromatic ring is 1. The number of amidine groups is 1. The molecule has 0 aliphatic heterocycles. The summed E-state index contributed by atoms with van der Waals surface area (Å²) in [6.07, 6.45) is 0. The zero-order valence-electron chi connectivity index (χ0n) is 12.4. The van der Waals surface area contributed by atoms with Crippen molar-refractivity contribution in [3.8, 4) is 11.5 Å². The molecule has 0 bridgehead atoms. The zero-order chi connectivity index (χ0) is 15.6. The molecule has 0 amide bonds. The maximum Gasteiger partial charge on any atom is 0.128 e. The van der Waals surface area contributed by atoms with Crippen molar-refractivity contribution in [2.45, 2.75) is 26.7 Å². The Morgan fingerprint density at radius 3 is 2.29 bits per heavy atom. The SMILES string of the molecule is Cc1cc(Oc2ccc(C(=N)N)c(Br)c2)ccc1C(C)C. The molecule has 0 saturated heterocycles. The normalized spacial score (nSPS) is 10.7. The number of ether oxygens (including phenoxy) is 1. The molecule has 0 fully saturated rings. The van der Waals surface area contributed by atoms with Crippen molar-refractivity contribution < 1.29 is 4.74 Å². The summed E-state index contributed by atoms with van der Waals surface area (Å²) in [5.41, 5.74) is 8.71. The lowest BCUT2D eigenvalue weighted by Gasteiger charge is -2.13. The number of rotatable bonds is 4. The lowest BCUT2D eigenvalue weighted by Crippen LogP contribution is -2.11. The molecule has 0 aromatic heterocycles. The summed E-state index contributed by atoms with van der Waals surface area (Å²) in [6.45, 7) is 6.46. The minimum absolute atomic E-state index is 0.0329. The number of hydrogen-bond acceptors (Lipinski definition) is 2. The van der Waals surface area contributed by atoms with E-state index in [1.807, 2.05) is 24.3 Å². The predicted octanol–water partition coefficient (Wildman–Crippen LogP) is 4.96. The number of halogens is 1. The van der Waals surface area contributed by atoms with Crippen LogP contribution in [0.3, 0.4) is 0 Å². The molecule has 0 aliphatic rings. The molecule has 2 rings (SSSR count). The van der Waals surface area contributed by atoms with Crippen molar-refractivity contribution in [2.75, 3.05) is 0 Å². The summed E-state index contributed by atoms with van der Waals surface area (Å²) in [5.74, 6) is 2.05. The van der Waals surface area contributed by atoms with Crippen LogP contribution in [0.2, 0.25) is 0 Å². The van der Waals surface area contributed by atoms with Gasteiger partial charge in [-0.15, -0.1) is 0 Å². The first-order valence-corrected chi connectivity index (χ1v) is 7.60. The van der Waals surface area contributed by atoms with Crippen molar-refractivity contribution in [1.29, 1.82) is 5.41 Å². The predicted molar refractivity (Wildman–Crippen MR) is 90.5 cm³/mol. The second-order valence-corrected chi connectivity index (χ2v) is 6.18. The van der Waals surface area contributed by atoms with Crippen LogP contribution in [0.4, 0.5) is 0 Å². The Morgan fingerprint density at radius 2 is 1.76 bits per heavy atom. The third-order valence-corrected chi connectivity index (χ3v) is 3.99. The highest BCUT2D eigenvalue weighted by atomic mass is 79.9. The third kappa shape index (κ3) is 3.64. The van der Waals surface area contributed by atoms with Crippen molar-refractivity contribution in [2.24, 2.45) is 5.73 Å². The van der Waals surface area contributed by atoms with Crippen LogP contribution in [0, 0.1) is 12.3 Å². The van der Waals surface area contributed by atoms with Crippen molar-refractivity contribution in [1.82, 2.24) is 0 Å². The summed E-state index contributed by atoms with van der Waals surface area (Å²) in [5, 5.41) is 7.47. The summed E-state index contributed by atoms with van der Waals surface area (Å²) < 4.78 is 6.62. The molecule has 2 aromatic rings. The van der Waals surface area contributed by atoms with Crippen LogP contribution < -0.4 is 10.5 Å². The second-order valence-electron chi connectivity index (χ2n) is 5.33. The fraction of sp³-hybridized carbons (Fsp3) is 0.235. The first-order chi connectivity index (χ1) is 9.88. The molecule has 0 aliphatic carbocycles. The molecule has 2 aromatic carbocycles. The van der Waals surface area contributed by atoms with Gasteiger partial charge in [0.05, 0.1) is 0 Å². The fourth-order valence-electron chi connectivity index (χ4n) is 2.27. The molecule has 110 valence electrons. The van der Waals surface area contributed by atoms with Crippen LogP contribution in [0.5, 0.6) is 11.5 Å². The zero-order valence-corrected chi connectivity index (χ0v) is 14.0. The van der Waals surface area contributed by atoms with E-state index in [4.69, 9.17) is 15.9 Å². The molecular weight excluding hydrogens is 328 g/mol. The molecule has 3 nitrogen and oxygen atoms in total. The average Bonchev–Trinajstić information content (AvgIpc) is 2.37. The lowest BCUT2D eigenvalue weighted by atomic mass is 9.98. The number of benzene rings is 2. The average molecular weight is 347 g/mol. The summed E-state index contributed by atoms with van der Waals surface area (Å²) in [4.78, 5) is 0. The van der Waals surface area contributed by atoms with Crippen LogP contribution in [-0.4, -0.2) is 5.84 Å². The van der Waals surface area contributed by atoms with Crippen molar-refractivity contribution >= 4 is 21.8 Å². The Balaban J connectivity index is 2.24. The van der Waals surface area contributed by atoms with Crippen molar-refractivity contribution in [3.63, 3.8) is 0 Å². The van der Waals surface area contributed by atoms with Gasteiger partial charge in [-0.05, 0) is 70.2 Å². The van der Waals surface area contributed by atoms with Crippen molar-refractivity contribution in [3.05, 3.63) is 57.6 Å². The lowest BCUT2D eigenvalue weighted by molar-refractivity contribution is 0.481. The standard InChI is InChI=1S/C17H19BrN2O/c1-10(2)14-6-4-12(8-11(14)3)21-13-5-7-15(17(19)20)16(18)9-13/h4-10H,1-3H3,(H3,19,20). The largest absolute Gasteiger partial charge is 0.457 e. The van der Waals surface area contributed by atoms with Gasteiger partial charge in [-0.25, -0.2) is 0 Å². The molecule has 0 saturated carbocycles. The van der Waals surface area contributed by atoms with E-state index in [1.54, 1.807) is 6.07 Å². The molecule has 21 heavy (non-hydrogen) atoms. The van der Waals surface area contributed by atoms with Gasteiger partial charge in [0.1, 0.15) is 17.3 Å². The topological polar surface area (TPSA) is 59.1 Å². The Labute approximate surface area is 133 Å². The van der Waals surface area contributed by atoms with Crippen LogP contribution in [0.1, 0.15) is 36.5 Å². The van der Waals surface area contributed by atoms with E-state index in [0.717, 1.165) is 10.2 Å². The highest BCUT2D eigenvalue weighted by Gasteiger charge is 2.08. The maximum absolute atomic E-state index is 7.47. The Morgan fingerprint density at radius 1 is 1.14 bits per heavy atom. The van der Waals surface area contributed by atoms with E-state index in [1.165, 1.54) is 11.1 Å². The molecule has 4 heteroatoms. The van der Waals surface area contributed by atoms with Gasteiger partial charge in [-0.1, -0.05) is 19.9 Å². The molecule has 0 heterocycles. The monoisotopic (exact) mass is 346 g/mol. The van der Waals surface area contributed by atoms with Gasteiger partial charge in [0.2, 0.25) is 0 Å². The van der Waals surface area contributed by atoms with E-state index in [-0.39, 0.29) is 5.84 Å². The van der Waals surface area contributed by atoms with Crippen LogP contribution in [-0.2, 0) is 0 Å². The highest BCUT2D eigenvalue weighted by molar-refractivity contribution is 9.10. The minimum atomic E-state index is 0.0329. The number of nitrogens with one attached hydrogen (secondary N) is 1. The van der Waals surface area contributed by atoms with Gasteiger partial charge in [-0.2, -0.15) is 0 Å². The first-order valence-electron chi connectivity index (χ1n) is 6.81. The van der Waals surface area contributed by atoms with Gasteiger partial charge in [0.15, 0.2) is 0 Å². The van der Waals surface area contributed by atoms with Crippen LogP contribution in [0.15, 0.2) is 40.9 Å². The Kier molecular flexibility index (Phi) is 4.68. The number of aryl methyl sites for hydroxylation is 1. The molecular formula is C17H19BrN2O. The summed E-state index contributed by atoms with van der Waals surface area (Å²) in [7, 11) is 0. The smallest absolute Gasteiger partial charge is 0.128 e. The van der Waals surface area contributed by atoms with E-state index < -0.39 is 0 Å². The Hall–Kier alpha value is -1.81. The molecule has 0 atom stereocenters. The highest BCUT2D eigenvalue weighted by Crippen LogP contribution is 2.29. The van der Waals surface area contributed by atoms with E-state index in [2.05, 4.69) is 42.8 Å². The fourth-order valence-corrected chi connectivity index (χ4v) is 2.84.